The molecule has 2 nitrogen and oxygen atoms in total. The monoisotopic (exact) mass is 245 g/mol. The molecule has 0 bridgehead atoms. The van der Waals surface area contributed by atoms with Gasteiger partial charge in [-0.05, 0) is 43.2 Å². The van der Waals surface area contributed by atoms with E-state index in [1.54, 1.807) is 12.1 Å². The summed E-state index contributed by atoms with van der Waals surface area (Å²) < 4.78 is 19.3. The number of hydrogen-bond acceptors (Lipinski definition) is 2. The Kier molecular flexibility index (Phi) is 3.63. The third-order valence-corrected chi connectivity index (χ3v) is 2.97. The van der Waals surface area contributed by atoms with Crippen LogP contribution in [0.1, 0.15) is 16.7 Å². The quantitative estimate of drug-likeness (QED) is 0.895. The van der Waals surface area contributed by atoms with Crippen molar-refractivity contribution in [1.29, 1.82) is 0 Å². The molecule has 0 saturated carbocycles. The molecule has 0 unspecified atom stereocenters. The lowest BCUT2D eigenvalue weighted by Crippen LogP contribution is -2.01. The molecule has 0 aliphatic heterocycles. The van der Waals surface area contributed by atoms with Crippen molar-refractivity contribution in [2.24, 2.45) is 5.73 Å². The number of aryl methyl sites for hydroxylation is 2. The van der Waals surface area contributed by atoms with E-state index in [0.29, 0.717) is 11.3 Å². The van der Waals surface area contributed by atoms with E-state index in [0.717, 1.165) is 5.56 Å². The second kappa shape index (κ2) is 5.19. The minimum Gasteiger partial charge on any atom is -0.454 e. The van der Waals surface area contributed by atoms with Gasteiger partial charge in [0, 0.05) is 12.1 Å². The van der Waals surface area contributed by atoms with Gasteiger partial charge in [-0.1, -0.05) is 18.2 Å². The van der Waals surface area contributed by atoms with Gasteiger partial charge < -0.3 is 10.5 Å². The Balaban J connectivity index is 2.36. The van der Waals surface area contributed by atoms with Crippen molar-refractivity contribution in [2.45, 2.75) is 20.4 Å². The van der Waals surface area contributed by atoms with Crippen LogP contribution in [0.2, 0.25) is 0 Å². The third kappa shape index (κ3) is 2.51. The molecule has 0 fully saturated rings. The Morgan fingerprint density at radius 2 is 1.89 bits per heavy atom. The van der Waals surface area contributed by atoms with E-state index in [2.05, 4.69) is 0 Å². The van der Waals surface area contributed by atoms with Crippen molar-refractivity contribution in [3.05, 3.63) is 58.9 Å². The first-order chi connectivity index (χ1) is 8.61. The largest absolute Gasteiger partial charge is 0.454 e. The van der Waals surface area contributed by atoms with Gasteiger partial charge in [0.1, 0.15) is 5.75 Å². The summed E-state index contributed by atoms with van der Waals surface area (Å²) in [6.07, 6.45) is 0. The van der Waals surface area contributed by atoms with E-state index in [9.17, 15) is 4.39 Å². The number of rotatable bonds is 3. The van der Waals surface area contributed by atoms with E-state index in [-0.39, 0.29) is 12.3 Å². The number of halogens is 1. The molecule has 0 radical (unpaired) electrons. The van der Waals surface area contributed by atoms with E-state index in [4.69, 9.17) is 10.5 Å². The van der Waals surface area contributed by atoms with Gasteiger partial charge in [-0.25, -0.2) is 4.39 Å². The van der Waals surface area contributed by atoms with Gasteiger partial charge in [0.05, 0.1) is 0 Å². The molecule has 0 aliphatic carbocycles. The minimum atomic E-state index is -0.392. The predicted molar refractivity (Wildman–Crippen MR) is 70.3 cm³/mol. The maximum Gasteiger partial charge on any atom is 0.167 e. The van der Waals surface area contributed by atoms with Gasteiger partial charge in [0.25, 0.3) is 0 Å². The molecule has 0 aromatic heterocycles. The SMILES string of the molecule is Cc1ccc(Oc2c(F)cccc2CN)cc1C. The Labute approximate surface area is 106 Å². The zero-order valence-corrected chi connectivity index (χ0v) is 10.5. The van der Waals surface area contributed by atoms with Crippen molar-refractivity contribution in [3.8, 4) is 11.5 Å². The van der Waals surface area contributed by atoms with Crippen LogP contribution in [0, 0.1) is 19.7 Å². The summed E-state index contributed by atoms with van der Waals surface area (Å²) in [5, 5.41) is 0. The van der Waals surface area contributed by atoms with Crippen LogP contribution < -0.4 is 10.5 Å². The second-order valence-electron chi connectivity index (χ2n) is 4.28. The first-order valence-electron chi connectivity index (χ1n) is 5.84. The molecule has 0 amide bonds. The molecule has 2 aromatic rings. The Bertz CT molecular complexity index is 566. The second-order valence-corrected chi connectivity index (χ2v) is 4.28. The van der Waals surface area contributed by atoms with E-state index >= 15 is 0 Å². The first kappa shape index (κ1) is 12.6. The fourth-order valence-corrected chi connectivity index (χ4v) is 1.72. The van der Waals surface area contributed by atoms with Crippen LogP contribution >= 0.6 is 0 Å². The minimum absolute atomic E-state index is 0.211. The number of hydrogen-bond donors (Lipinski definition) is 1. The zero-order valence-electron chi connectivity index (χ0n) is 10.5. The normalized spacial score (nSPS) is 10.4. The van der Waals surface area contributed by atoms with E-state index in [1.807, 2.05) is 32.0 Å². The molecular formula is C15H16FNO. The Hall–Kier alpha value is -1.87. The van der Waals surface area contributed by atoms with Crippen molar-refractivity contribution >= 4 is 0 Å². The molecule has 2 aromatic carbocycles. The molecule has 2 rings (SSSR count). The highest BCUT2D eigenvalue weighted by molar-refractivity contribution is 5.41. The number of nitrogens with two attached hydrogens (primary N) is 1. The highest BCUT2D eigenvalue weighted by Gasteiger charge is 2.10. The number of benzene rings is 2. The number of para-hydroxylation sites is 1. The van der Waals surface area contributed by atoms with Crippen LogP contribution in [0.15, 0.2) is 36.4 Å². The summed E-state index contributed by atoms with van der Waals surface area (Å²) in [6, 6.07) is 10.4. The van der Waals surface area contributed by atoms with Crippen LogP contribution in [0.4, 0.5) is 4.39 Å². The maximum atomic E-state index is 13.7. The molecule has 0 saturated heterocycles. The zero-order chi connectivity index (χ0) is 13.1. The van der Waals surface area contributed by atoms with Crippen LogP contribution in [0.5, 0.6) is 11.5 Å². The summed E-state index contributed by atoms with van der Waals surface area (Å²) in [6.45, 7) is 4.26. The lowest BCUT2D eigenvalue weighted by molar-refractivity contribution is 0.436. The third-order valence-electron chi connectivity index (χ3n) is 2.97. The van der Waals surface area contributed by atoms with Gasteiger partial charge in [-0.15, -0.1) is 0 Å². The molecular weight excluding hydrogens is 229 g/mol. The lowest BCUT2D eigenvalue weighted by atomic mass is 10.1. The Morgan fingerprint density at radius 1 is 1.11 bits per heavy atom. The van der Waals surface area contributed by atoms with Gasteiger partial charge in [0.2, 0.25) is 0 Å². The number of ether oxygens (including phenoxy) is 1. The van der Waals surface area contributed by atoms with Crippen molar-refractivity contribution in [3.63, 3.8) is 0 Å². The Morgan fingerprint density at radius 3 is 2.56 bits per heavy atom. The van der Waals surface area contributed by atoms with Crippen LogP contribution in [0.3, 0.4) is 0 Å². The molecule has 18 heavy (non-hydrogen) atoms. The van der Waals surface area contributed by atoms with Gasteiger partial charge >= 0.3 is 0 Å². The fourth-order valence-electron chi connectivity index (χ4n) is 1.72. The highest BCUT2D eigenvalue weighted by atomic mass is 19.1. The first-order valence-corrected chi connectivity index (χ1v) is 5.84. The summed E-state index contributed by atoms with van der Waals surface area (Å²) in [5.41, 5.74) is 8.53. The summed E-state index contributed by atoms with van der Waals surface area (Å²) in [4.78, 5) is 0. The molecule has 0 heterocycles. The van der Waals surface area contributed by atoms with Crippen LogP contribution in [-0.4, -0.2) is 0 Å². The van der Waals surface area contributed by atoms with E-state index in [1.165, 1.54) is 11.6 Å². The van der Waals surface area contributed by atoms with Crippen molar-refractivity contribution < 1.29 is 9.13 Å². The van der Waals surface area contributed by atoms with Gasteiger partial charge in [-0.3, -0.25) is 0 Å². The summed E-state index contributed by atoms with van der Waals surface area (Å²) in [5.74, 6) is 0.442. The fraction of sp³-hybridized carbons (Fsp3) is 0.200. The standard InChI is InChI=1S/C15H16FNO/c1-10-6-7-13(8-11(10)2)18-15-12(9-17)4-3-5-14(15)16/h3-8H,9,17H2,1-2H3. The van der Waals surface area contributed by atoms with Gasteiger partial charge in [-0.2, -0.15) is 0 Å². The van der Waals surface area contributed by atoms with E-state index < -0.39 is 5.82 Å². The molecule has 94 valence electrons. The topological polar surface area (TPSA) is 35.2 Å². The average Bonchev–Trinajstić information content (AvgIpc) is 2.36. The summed E-state index contributed by atoms with van der Waals surface area (Å²) in [7, 11) is 0. The van der Waals surface area contributed by atoms with Gasteiger partial charge in [0.15, 0.2) is 11.6 Å². The molecule has 2 N–H and O–H groups in total. The van der Waals surface area contributed by atoms with Crippen LogP contribution in [-0.2, 0) is 6.54 Å². The van der Waals surface area contributed by atoms with Crippen LogP contribution in [0.25, 0.3) is 0 Å². The lowest BCUT2D eigenvalue weighted by Gasteiger charge is -2.12. The summed E-state index contributed by atoms with van der Waals surface area (Å²) >= 11 is 0. The molecule has 0 atom stereocenters. The molecule has 3 heteroatoms. The predicted octanol–water partition coefficient (Wildman–Crippen LogP) is 3.69. The van der Waals surface area contributed by atoms with Crippen molar-refractivity contribution in [1.82, 2.24) is 0 Å². The molecule has 0 spiro atoms. The smallest absolute Gasteiger partial charge is 0.167 e. The highest BCUT2D eigenvalue weighted by Crippen LogP contribution is 2.29. The molecule has 0 aliphatic rings. The maximum absolute atomic E-state index is 13.7. The average molecular weight is 245 g/mol. The van der Waals surface area contributed by atoms with Crippen molar-refractivity contribution in [2.75, 3.05) is 0 Å².